The molecule has 2 aromatic rings. The van der Waals surface area contributed by atoms with Gasteiger partial charge >= 0.3 is 0 Å². The van der Waals surface area contributed by atoms with Gasteiger partial charge in [0.25, 0.3) is 5.91 Å². The first-order valence-corrected chi connectivity index (χ1v) is 10.8. The minimum atomic E-state index is -0.699. The molecule has 1 N–H and O–H groups in total. The minimum Gasteiger partial charge on any atom is -0.503 e. The van der Waals surface area contributed by atoms with E-state index in [0.29, 0.717) is 6.61 Å². The Hall–Kier alpha value is -3.38. The summed E-state index contributed by atoms with van der Waals surface area (Å²) >= 11 is 0. The molecule has 0 spiro atoms. The number of carbonyl (C=O) groups excluding carboxylic acids is 2. The van der Waals surface area contributed by atoms with Crippen molar-refractivity contribution in [3.63, 3.8) is 0 Å². The molecule has 0 saturated carbocycles. The lowest BCUT2D eigenvalue weighted by Gasteiger charge is -2.26. The Kier molecular flexibility index (Phi) is 8.22. The molecule has 3 rings (SSSR count). The Morgan fingerprint density at radius 1 is 1.09 bits per heavy atom. The van der Waals surface area contributed by atoms with Crippen molar-refractivity contribution >= 4 is 17.8 Å². The van der Waals surface area contributed by atoms with Crippen molar-refractivity contribution in [2.45, 2.75) is 25.8 Å². The Morgan fingerprint density at radius 2 is 1.81 bits per heavy atom. The third kappa shape index (κ3) is 5.45. The average molecular weight is 436 g/mol. The van der Waals surface area contributed by atoms with E-state index < -0.39 is 23.5 Å². The Balaban J connectivity index is 1.89. The van der Waals surface area contributed by atoms with Gasteiger partial charge in [-0.05, 0) is 35.8 Å². The first-order valence-electron chi connectivity index (χ1n) is 10.8. The zero-order valence-electron chi connectivity index (χ0n) is 18.5. The van der Waals surface area contributed by atoms with Gasteiger partial charge in [0.1, 0.15) is 5.75 Å². The molecule has 1 aliphatic heterocycles. The van der Waals surface area contributed by atoms with Crippen molar-refractivity contribution in [1.29, 1.82) is 0 Å². The molecule has 0 fully saturated rings. The number of benzene rings is 2. The summed E-state index contributed by atoms with van der Waals surface area (Å²) in [5.74, 6) is -0.781. The number of ether oxygens (including phenoxy) is 2. The fourth-order valence-corrected chi connectivity index (χ4v) is 3.58. The number of hydrogen-bond acceptors (Lipinski definition) is 5. The number of amides is 1. The molecule has 1 heterocycles. The van der Waals surface area contributed by atoms with Crippen LogP contribution in [-0.2, 0) is 14.3 Å². The highest BCUT2D eigenvalue weighted by Crippen LogP contribution is 2.38. The fraction of sp³-hybridized carbons (Fsp3) is 0.308. The van der Waals surface area contributed by atoms with Crippen LogP contribution < -0.4 is 4.74 Å². The molecule has 6 heteroatoms. The van der Waals surface area contributed by atoms with E-state index >= 15 is 0 Å². The van der Waals surface area contributed by atoms with Crippen LogP contribution in [0.4, 0.5) is 0 Å². The second-order valence-corrected chi connectivity index (χ2v) is 7.54. The van der Waals surface area contributed by atoms with Crippen LogP contribution in [0, 0.1) is 0 Å². The highest BCUT2D eigenvalue weighted by Gasteiger charge is 2.42. The smallest absolute Gasteiger partial charge is 0.290 e. The largest absolute Gasteiger partial charge is 0.503 e. The molecule has 0 bridgehead atoms. The van der Waals surface area contributed by atoms with Crippen LogP contribution in [0.5, 0.6) is 5.75 Å². The molecule has 2 aromatic carbocycles. The van der Waals surface area contributed by atoms with E-state index in [9.17, 15) is 14.7 Å². The van der Waals surface area contributed by atoms with E-state index in [2.05, 4.69) is 6.92 Å². The summed E-state index contributed by atoms with van der Waals surface area (Å²) in [6.45, 7) is 3.27. The first-order chi connectivity index (χ1) is 15.6. The van der Waals surface area contributed by atoms with E-state index in [1.807, 2.05) is 54.6 Å². The molecule has 1 unspecified atom stereocenters. The molecule has 0 radical (unpaired) electrons. The number of allylic oxidation sites excluding steroid dienone is 1. The lowest BCUT2D eigenvalue weighted by Crippen LogP contribution is -2.33. The molecule has 6 nitrogen and oxygen atoms in total. The summed E-state index contributed by atoms with van der Waals surface area (Å²) in [4.78, 5) is 27.3. The number of aliphatic hydroxyl groups is 1. The van der Waals surface area contributed by atoms with Gasteiger partial charge in [-0.2, -0.15) is 0 Å². The van der Waals surface area contributed by atoms with Crippen LogP contribution in [0.1, 0.15) is 36.9 Å². The molecule has 0 aromatic heterocycles. The van der Waals surface area contributed by atoms with Gasteiger partial charge in [0.05, 0.1) is 24.8 Å². The number of unbranched alkanes of at least 4 members (excludes halogenated alkanes) is 1. The van der Waals surface area contributed by atoms with Crippen LogP contribution in [0.2, 0.25) is 0 Å². The zero-order chi connectivity index (χ0) is 22.9. The molecule has 168 valence electrons. The second kappa shape index (κ2) is 11.3. The molecule has 1 aliphatic rings. The third-order valence-corrected chi connectivity index (χ3v) is 5.29. The highest BCUT2D eigenvalue weighted by molar-refractivity contribution is 6.14. The number of methoxy groups -OCH3 is 1. The van der Waals surface area contributed by atoms with Crippen LogP contribution in [-0.4, -0.2) is 48.6 Å². The maximum atomic E-state index is 13.1. The summed E-state index contributed by atoms with van der Waals surface area (Å²) in [7, 11) is 1.54. The van der Waals surface area contributed by atoms with Crippen molar-refractivity contribution in [1.82, 2.24) is 4.90 Å². The number of hydrogen-bond donors (Lipinski definition) is 1. The molecular weight excluding hydrogens is 406 g/mol. The van der Waals surface area contributed by atoms with Gasteiger partial charge in [-0.3, -0.25) is 9.59 Å². The molecule has 0 saturated heterocycles. The van der Waals surface area contributed by atoms with Gasteiger partial charge in [-0.15, -0.1) is 0 Å². The summed E-state index contributed by atoms with van der Waals surface area (Å²) < 4.78 is 10.9. The lowest BCUT2D eigenvalue weighted by molar-refractivity contribution is -0.130. The van der Waals surface area contributed by atoms with Crippen LogP contribution in [0.25, 0.3) is 6.08 Å². The molecular formula is C26H29NO5. The fourth-order valence-electron chi connectivity index (χ4n) is 3.58. The number of ketones is 1. The van der Waals surface area contributed by atoms with Gasteiger partial charge in [0, 0.05) is 13.7 Å². The Morgan fingerprint density at radius 3 is 2.47 bits per heavy atom. The van der Waals surface area contributed by atoms with Crippen LogP contribution in [0.15, 0.2) is 72.0 Å². The van der Waals surface area contributed by atoms with E-state index in [4.69, 9.17) is 9.47 Å². The quantitative estimate of drug-likeness (QED) is 0.416. The van der Waals surface area contributed by atoms with Gasteiger partial charge in [0.15, 0.2) is 11.5 Å². The summed E-state index contributed by atoms with van der Waals surface area (Å²) in [5.41, 5.74) is 1.64. The second-order valence-electron chi connectivity index (χ2n) is 7.54. The molecule has 1 atom stereocenters. The van der Waals surface area contributed by atoms with E-state index in [1.54, 1.807) is 13.2 Å². The first kappa shape index (κ1) is 23.3. The number of nitrogens with zero attached hydrogens (tertiary/aromatic N) is 1. The maximum Gasteiger partial charge on any atom is 0.290 e. The van der Waals surface area contributed by atoms with Gasteiger partial charge in [-0.1, -0.05) is 61.9 Å². The van der Waals surface area contributed by atoms with Gasteiger partial charge in [0.2, 0.25) is 0 Å². The van der Waals surface area contributed by atoms with Crippen molar-refractivity contribution < 1.29 is 24.2 Å². The molecule has 32 heavy (non-hydrogen) atoms. The maximum absolute atomic E-state index is 13.1. The predicted molar refractivity (Wildman–Crippen MR) is 123 cm³/mol. The number of carbonyl (C=O) groups is 2. The van der Waals surface area contributed by atoms with E-state index in [1.165, 1.54) is 11.0 Å². The topological polar surface area (TPSA) is 76.1 Å². The number of rotatable bonds is 11. The Bertz CT molecular complexity index is 979. The van der Waals surface area contributed by atoms with Crippen molar-refractivity contribution in [3.05, 3.63) is 83.1 Å². The summed E-state index contributed by atoms with van der Waals surface area (Å²) in [5, 5.41) is 10.6. The minimum absolute atomic E-state index is 0.0675. The monoisotopic (exact) mass is 435 g/mol. The van der Waals surface area contributed by atoms with Crippen molar-refractivity contribution in [3.8, 4) is 5.75 Å². The van der Waals surface area contributed by atoms with E-state index in [0.717, 1.165) is 29.7 Å². The standard InChI is InChI=1S/C26H29NO5/c1-3-4-17-32-21-13-11-20(12-14-21)24-23(25(29)26(30)27(24)16-18-31-2)22(28)15-10-19-8-6-5-7-9-19/h5-15,24,29H,3-4,16-18H2,1-2H3. The molecule has 1 amide bonds. The van der Waals surface area contributed by atoms with Gasteiger partial charge < -0.3 is 19.5 Å². The van der Waals surface area contributed by atoms with Crippen molar-refractivity contribution in [2.75, 3.05) is 26.9 Å². The third-order valence-electron chi connectivity index (χ3n) is 5.29. The molecule has 0 aliphatic carbocycles. The average Bonchev–Trinajstić information content (AvgIpc) is 3.07. The SMILES string of the molecule is CCCCOc1ccc(C2C(C(=O)C=Cc3ccccc3)=C(O)C(=O)N2CCOC)cc1. The summed E-state index contributed by atoms with van der Waals surface area (Å²) in [6, 6.07) is 16.0. The highest BCUT2D eigenvalue weighted by atomic mass is 16.5. The normalized spacial score (nSPS) is 16.2. The van der Waals surface area contributed by atoms with Crippen molar-refractivity contribution in [2.24, 2.45) is 0 Å². The van der Waals surface area contributed by atoms with Gasteiger partial charge in [-0.25, -0.2) is 0 Å². The lowest BCUT2D eigenvalue weighted by atomic mass is 9.95. The zero-order valence-corrected chi connectivity index (χ0v) is 18.5. The summed E-state index contributed by atoms with van der Waals surface area (Å²) in [6.07, 6.45) is 5.07. The van der Waals surface area contributed by atoms with Crippen LogP contribution in [0.3, 0.4) is 0 Å². The number of aliphatic hydroxyl groups excluding tert-OH is 1. The predicted octanol–water partition coefficient (Wildman–Crippen LogP) is 4.49. The van der Waals surface area contributed by atoms with E-state index in [-0.39, 0.29) is 18.7 Å². The van der Waals surface area contributed by atoms with Crippen LogP contribution >= 0.6 is 0 Å². The Labute approximate surface area is 188 Å².